The van der Waals surface area contributed by atoms with Crippen molar-refractivity contribution in [3.8, 4) is 0 Å². The van der Waals surface area contributed by atoms with Crippen molar-refractivity contribution < 1.29 is 4.74 Å². The zero-order valence-corrected chi connectivity index (χ0v) is 9.99. The van der Waals surface area contributed by atoms with Gasteiger partial charge < -0.3 is 15.0 Å². The molecule has 0 saturated carbocycles. The fourth-order valence-electron chi connectivity index (χ4n) is 2.25. The van der Waals surface area contributed by atoms with Crippen LogP contribution in [0.4, 0.5) is 5.69 Å². The third kappa shape index (κ3) is 2.26. The van der Waals surface area contributed by atoms with Gasteiger partial charge in [-0.1, -0.05) is 0 Å². The van der Waals surface area contributed by atoms with Crippen LogP contribution in [0.3, 0.4) is 0 Å². The Morgan fingerprint density at radius 3 is 3.29 bits per heavy atom. The molecule has 3 rings (SSSR count). The van der Waals surface area contributed by atoms with Crippen molar-refractivity contribution in [2.45, 2.75) is 13.3 Å². The molecule has 4 nitrogen and oxygen atoms in total. The van der Waals surface area contributed by atoms with Gasteiger partial charge in [0.2, 0.25) is 0 Å². The van der Waals surface area contributed by atoms with E-state index in [1.807, 2.05) is 13.0 Å². The van der Waals surface area contributed by atoms with Gasteiger partial charge in [-0.15, -0.1) is 0 Å². The fraction of sp³-hybridized carbons (Fsp3) is 0.462. The average Bonchev–Trinajstić information content (AvgIpc) is 2.92. The Balaban J connectivity index is 1.71. The number of fused-ring (bicyclic) bond motifs is 1. The van der Waals surface area contributed by atoms with E-state index in [1.54, 1.807) is 0 Å². The molecular formula is C13H17N3O. The maximum Gasteiger partial charge on any atom is 0.104 e. The number of hydrogen-bond acceptors (Lipinski definition) is 3. The molecule has 0 aliphatic carbocycles. The van der Waals surface area contributed by atoms with Gasteiger partial charge in [0, 0.05) is 24.8 Å². The molecule has 1 aromatic heterocycles. The average molecular weight is 231 g/mol. The number of aromatic amines is 1. The van der Waals surface area contributed by atoms with E-state index in [9.17, 15) is 0 Å². The van der Waals surface area contributed by atoms with Gasteiger partial charge in [0.15, 0.2) is 0 Å². The van der Waals surface area contributed by atoms with E-state index < -0.39 is 0 Å². The van der Waals surface area contributed by atoms with E-state index in [1.165, 1.54) is 6.42 Å². The molecule has 2 N–H and O–H groups in total. The highest BCUT2D eigenvalue weighted by Gasteiger charge is 2.14. The van der Waals surface area contributed by atoms with Crippen LogP contribution in [0, 0.1) is 12.8 Å². The molecule has 90 valence electrons. The van der Waals surface area contributed by atoms with E-state index in [4.69, 9.17) is 4.74 Å². The number of imidazole rings is 1. The second kappa shape index (κ2) is 4.37. The molecule has 0 spiro atoms. The second-order valence-corrected chi connectivity index (χ2v) is 4.66. The number of aryl methyl sites for hydroxylation is 1. The Morgan fingerprint density at radius 1 is 1.53 bits per heavy atom. The molecule has 4 heteroatoms. The molecule has 1 atom stereocenters. The zero-order chi connectivity index (χ0) is 11.7. The lowest BCUT2D eigenvalue weighted by molar-refractivity contribution is 0.187. The number of rotatable bonds is 3. The maximum absolute atomic E-state index is 5.36. The van der Waals surface area contributed by atoms with Gasteiger partial charge in [-0.05, 0) is 31.5 Å². The number of benzene rings is 1. The highest BCUT2D eigenvalue weighted by Crippen LogP contribution is 2.18. The van der Waals surface area contributed by atoms with Crippen LogP contribution in [0.2, 0.25) is 0 Å². The smallest absolute Gasteiger partial charge is 0.104 e. The van der Waals surface area contributed by atoms with Gasteiger partial charge in [0.1, 0.15) is 5.82 Å². The number of ether oxygens (including phenoxy) is 1. The summed E-state index contributed by atoms with van der Waals surface area (Å²) in [4.78, 5) is 7.64. The van der Waals surface area contributed by atoms with E-state index in [0.717, 1.165) is 42.3 Å². The first kappa shape index (κ1) is 10.6. The summed E-state index contributed by atoms with van der Waals surface area (Å²) in [5.41, 5.74) is 3.26. The van der Waals surface area contributed by atoms with Gasteiger partial charge in [0.05, 0.1) is 17.6 Å². The monoisotopic (exact) mass is 231 g/mol. The summed E-state index contributed by atoms with van der Waals surface area (Å²) in [5, 5.41) is 3.46. The van der Waals surface area contributed by atoms with Crippen LogP contribution in [-0.2, 0) is 4.74 Å². The summed E-state index contributed by atoms with van der Waals surface area (Å²) in [6.07, 6.45) is 1.17. The van der Waals surface area contributed by atoms with Crippen molar-refractivity contribution in [1.29, 1.82) is 0 Å². The third-order valence-corrected chi connectivity index (χ3v) is 3.22. The summed E-state index contributed by atoms with van der Waals surface area (Å²) in [7, 11) is 0. The molecule has 1 aromatic carbocycles. The molecule has 0 bridgehead atoms. The van der Waals surface area contributed by atoms with Gasteiger partial charge in [-0.2, -0.15) is 0 Å². The lowest BCUT2D eigenvalue weighted by atomic mass is 10.1. The van der Waals surface area contributed by atoms with Gasteiger partial charge in [-0.25, -0.2) is 4.98 Å². The minimum Gasteiger partial charge on any atom is -0.385 e. The number of nitrogens with zero attached hydrogens (tertiary/aromatic N) is 1. The van der Waals surface area contributed by atoms with Crippen LogP contribution in [0.5, 0.6) is 0 Å². The lowest BCUT2D eigenvalue weighted by Crippen LogP contribution is -2.13. The number of H-pyrrole nitrogens is 1. The standard InChI is InChI=1S/C13H17N3O/c1-9-15-12-3-2-11(6-13(12)16-9)14-7-10-4-5-17-8-10/h2-3,6,10,14H,4-5,7-8H2,1H3,(H,15,16). The molecule has 1 fully saturated rings. The molecule has 1 aliphatic heterocycles. The van der Waals surface area contributed by atoms with Crippen LogP contribution >= 0.6 is 0 Å². The van der Waals surface area contributed by atoms with Gasteiger partial charge in [-0.3, -0.25) is 0 Å². The number of aromatic nitrogens is 2. The summed E-state index contributed by atoms with van der Waals surface area (Å²) in [6.45, 7) is 4.76. The lowest BCUT2D eigenvalue weighted by Gasteiger charge is -2.10. The van der Waals surface area contributed by atoms with Crippen LogP contribution in [0.1, 0.15) is 12.2 Å². The van der Waals surface area contributed by atoms with E-state index >= 15 is 0 Å². The highest BCUT2D eigenvalue weighted by atomic mass is 16.5. The van der Waals surface area contributed by atoms with Crippen LogP contribution in [0.25, 0.3) is 11.0 Å². The Kier molecular flexibility index (Phi) is 2.73. The summed E-state index contributed by atoms with van der Waals surface area (Å²) in [6, 6.07) is 6.25. The summed E-state index contributed by atoms with van der Waals surface area (Å²) >= 11 is 0. The first-order valence-corrected chi connectivity index (χ1v) is 6.09. The quantitative estimate of drug-likeness (QED) is 0.852. The summed E-state index contributed by atoms with van der Waals surface area (Å²) in [5.74, 6) is 1.61. The van der Waals surface area contributed by atoms with Crippen LogP contribution < -0.4 is 5.32 Å². The fourth-order valence-corrected chi connectivity index (χ4v) is 2.25. The highest BCUT2D eigenvalue weighted by molar-refractivity contribution is 5.79. The van der Waals surface area contributed by atoms with E-state index in [2.05, 4.69) is 27.4 Å². The zero-order valence-electron chi connectivity index (χ0n) is 9.99. The predicted molar refractivity (Wildman–Crippen MR) is 68.2 cm³/mol. The first-order valence-electron chi connectivity index (χ1n) is 6.09. The van der Waals surface area contributed by atoms with E-state index in [-0.39, 0.29) is 0 Å². The topological polar surface area (TPSA) is 49.9 Å². The Morgan fingerprint density at radius 2 is 2.47 bits per heavy atom. The largest absolute Gasteiger partial charge is 0.385 e. The van der Waals surface area contributed by atoms with Crippen molar-refractivity contribution in [1.82, 2.24) is 9.97 Å². The Labute approximate surface area is 100 Å². The molecule has 1 unspecified atom stereocenters. The Bertz CT molecular complexity index is 514. The SMILES string of the molecule is Cc1nc2ccc(NCC3CCOC3)cc2[nH]1. The molecule has 2 aromatic rings. The first-order chi connectivity index (χ1) is 8.31. The third-order valence-electron chi connectivity index (χ3n) is 3.22. The molecule has 1 saturated heterocycles. The minimum atomic E-state index is 0.647. The molecule has 2 heterocycles. The predicted octanol–water partition coefficient (Wildman–Crippen LogP) is 2.32. The van der Waals surface area contributed by atoms with Crippen LogP contribution in [0.15, 0.2) is 18.2 Å². The number of anilines is 1. The second-order valence-electron chi connectivity index (χ2n) is 4.66. The van der Waals surface area contributed by atoms with Crippen molar-refractivity contribution in [2.75, 3.05) is 25.1 Å². The Hall–Kier alpha value is -1.55. The van der Waals surface area contributed by atoms with Gasteiger partial charge >= 0.3 is 0 Å². The maximum atomic E-state index is 5.36. The summed E-state index contributed by atoms with van der Waals surface area (Å²) < 4.78 is 5.36. The van der Waals surface area contributed by atoms with E-state index in [0.29, 0.717) is 5.92 Å². The molecule has 0 radical (unpaired) electrons. The molecule has 17 heavy (non-hydrogen) atoms. The van der Waals surface area contributed by atoms with Crippen molar-refractivity contribution in [2.24, 2.45) is 5.92 Å². The normalized spacial score (nSPS) is 19.9. The molecule has 1 aliphatic rings. The van der Waals surface area contributed by atoms with Crippen molar-refractivity contribution >= 4 is 16.7 Å². The van der Waals surface area contributed by atoms with Gasteiger partial charge in [0.25, 0.3) is 0 Å². The molecule has 0 amide bonds. The number of nitrogens with one attached hydrogen (secondary N) is 2. The van der Waals surface area contributed by atoms with Crippen molar-refractivity contribution in [3.63, 3.8) is 0 Å². The van der Waals surface area contributed by atoms with Crippen molar-refractivity contribution in [3.05, 3.63) is 24.0 Å². The minimum absolute atomic E-state index is 0.647. The number of hydrogen-bond donors (Lipinski definition) is 2. The van der Waals surface area contributed by atoms with Crippen LogP contribution in [-0.4, -0.2) is 29.7 Å². The molecular weight excluding hydrogens is 214 g/mol.